The molecule has 0 radical (unpaired) electrons. The first-order valence-electron chi connectivity index (χ1n) is 11.7. The van der Waals surface area contributed by atoms with Gasteiger partial charge in [0.2, 0.25) is 0 Å². The fourth-order valence-electron chi connectivity index (χ4n) is 4.80. The van der Waals surface area contributed by atoms with Gasteiger partial charge in [0.25, 0.3) is 0 Å². The fourth-order valence-corrected chi connectivity index (χ4v) is 8.13. The lowest BCUT2D eigenvalue weighted by Gasteiger charge is -2.34. The van der Waals surface area contributed by atoms with Crippen molar-refractivity contribution in [2.45, 2.75) is 116 Å². The van der Waals surface area contributed by atoms with Crippen LogP contribution in [-0.4, -0.2) is 28.4 Å². The lowest BCUT2D eigenvalue weighted by molar-refractivity contribution is 0.149. The van der Waals surface area contributed by atoms with E-state index in [1.54, 1.807) is 0 Å². The van der Waals surface area contributed by atoms with E-state index in [0.717, 1.165) is 5.75 Å². The van der Waals surface area contributed by atoms with E-state index in [4.69, 9.17) is 9.47 Å². The summed E-state index contributed by atoms with van der Waals surface area (Å²) in [5.74, 6) is 2.37. The fraction of sp³-hybridized carbons (Fsp3) is 0.750. The first-order valence-corrected chi connectivity index (χ1v) is 18.7. The second-order valence-corrected chi connectivity index (χ2v) is 21.1. The molecule has 0 aliphatic heterocycles. The summed E-state index contributed by atoms with van der Waals surface area (Å²) in [5.41, 5.74) is 0. The zero-order chi connectivity index (χ0) is 20.4. The standard InChI is InChI=1S/C24H42O2Si2/c1-27(2,3)22-18-17-21(25-19-13-9-7-10-14-19)24(28(4,5)6)23(22)26-20-15-11-8-12-16-20/h17-20H,7-16H2,1-6H3. The molecule has 28 heavy (non-hydrogen) atoms. The molecule has 2 nitrogen and oxygen atoms in total. The van der Waals surface area contributed by atoms with Crippen LogP contribution in [0.4, 0.5) is 0 Å². The minimum Gasteiger partial charge on any atom is -0.491 e. The molecule has 1 aromatic rings. The molecule has 2 saturated carbocycles. The minimum absolute atomic E-state index is 0.392. The van der Waals surface area contributed by atoms with Gasteiger partial charge in [-0.25, -0.2) is 0 Å². The van der Waals surface area contributed by atoms with Crippen LogP contribution in [0.3, 0.4) is 0 Å². The molecule has 0 spiro atoms. The molecule has 0 atom stereocenters. The third-order valence-corrected chi connectivity index (χ3v) is 10.3. The normalized spacial score (nSPS) is 20.2. The summed E-state index contributed by atoms with van der Waals surface area (Å²) >= 11 is 0. The van der Waals surface area contributed by atoms with Gasteiger partial charge in [0.15, 0.2) is 0 Å². The van der Waals surface area contributed by atoms with Crippen LogP contribution in [0.25, 0.3) is 0 Å². The molecule has 1 aromatic carbocycles. The van der Waals surface area contributed by atoms with Crippen LogP contribution in [0.5, 0.6) is 11.5 Å². The summed E-state index contributed by atoms with van der Waals surface area (Å²) in [4.78, 5) is 0. The molecule has 4 heteroatoms. The molecular weight excluding hydrogens is 376 g/mol. The molecule has 158 valence electrons. The van der Waals surface area contributed by atoms with E-state index in [9.17, 15) is 0 Å². The number of hydrogen-bond donors (Lipinski definition) is 0. The largest absolute Gasteiger partial charge is 0.491 e. The van der Waals surface area contributed by atoms with Gasteiger partial charge in [-0.15, -0.1) is 0 Å². The first-order chi connectivity index (χ1) is 13.2. The number of ether oxygens (including phenoxy) is 2. The van der Waals surface area contributed by atoms with E-state index in [-0.39, 0.29) is 0 Å². The van der Waals surface area contributed by atoms with Gasteiger partial charge in [0, 0.05) is 5.19 Å². The molecule has 0 saturated heterocycles. The molecule has 2 aliphatic carbocycles. The SMILES string of the molecule is C[Si](C)(C)c1ccc(OC2CCCCC2)c([Si](C)(C)C)c1OC1CCCCC1. The Morgan fingerprint density at radius 3 is 1.61 bits per heavy atom. The van der Waals surface area contributed by atoms with Gasteiger partial charge in [0.1, 0.15) is 11.5 Å². The van der Waals surface area contributed by atoms with Crippen molar-refractivity contribution in [1.29, 1.82) is 0 Å². The predicted octanol–water partition coefficient (Wildman–Crippen LogP) is 6.20. The van der Waals surface area contributed by atoms with Crippen molar-refractivity contribution in [1.82, 2.24) is 0 Å². The van der Waals surface area contributed by atoms with E-state index < -0.39 is 16.1 Å². The third kappa shape index (κ3) is 5.44. The summed E-state index contributed by atoms with van der Waals surface area (Å²) in [6.45, 7) is 14.7. The lowest BCUT2D eigenvalue weighted by atomic mass is 9.97. The zero-order valence-corrected chi connectivity index (χ0v) is 21.2. The summed E-state index contributed by atoms with van der Waals surface area (Å²) in [6.07, 6.45) is 13.6. The molecule has 0 unspecified atom stereocenters. The Labute approximate surface area is 175 Å². The van der Waals surface area contributed by atoms with Crippen molar-refractivity contribution >= 4 is 26.5 Å². The Kier molecular flexibility index (Phi) is 7.02. The highest BCUT2D eigenvalue weighted by atomic mass is 28.3. The summed E-state index contributed by atoms with van der Waals surface area (Å²) in [6, 6.07) is 4.65. The second-order valence-electron chi connectivity index (χ2n) is 11.1. The Hall–Kier alpha value is -0.746. The van der Waals surface area contributed by atoms with Crippen molar-refractivity contribution in [2.24, 2.45) is 0 Å². The second kappa shape index (κ2) is 8.95. The predicted molar refractivity (Wildman–Crippen MR) is 127 cm³/mol. The first kappa shape index (κ1) is 22.0. The van der Waals surface area contributed by atoms with Crippen molar-refractivity contribution in [2.75, 3.05) is 0 Å². The van der Waals surface area contributed by atoms with Gasteiger partial charge >= 0.3 is 0 Å². The van der Waals surface area contributed by atoms with Crippen LogP contribution in [0, 0.1) is 0 Å². The Morgan fingerprint density at radius 2 is 1.14 bits per heavy atom. The van der Waals surface area contributed by atoms with Crippen LogP contribution in [0.1, 0.15) is 64.2 Å². The number of benzene rings is 1. The van der Waals surface area contributed by atoms with E-state index in [1.165, 1.54) is 80.3 Å². The highest BCUT2D eigenvalue weighted by Gasteiger charge is 2.34. The molecule has 2 fully saturated rings. The van der Waals surface area contributed by atoms with Crippen molar-refractivity contribution in [3.63, 3.8) is 0 Å². The van der Waals surface area contributed by atoms with Crippen molar-refractivity contribution < 1.29 is 9.47 Å². The van der Waals surface area contributed by atoms with Gasteiger partial charge in [-0.2, -0.15) is 0 Å². The maximum Gasteiger partial charge on any atom is 0.122 e. The number of rotatable bonds is 6. The third-order valence-electron chi connectivity index (χ3n) is 6.36. The summed E-state index contributed by atoms with van der Waals surface area (Å²) in [7, 11) is -3.14. The quantitative estimate of drug-likeness (QED) is 0.512. The van der Waals surface area contributed by atoms with Crippen LogP contribution >= 0.6 is 0 Å². The van der Waals surface area contributed by atoms with Gasteiger partial charge in [-0.1, -0.05) is 58.2 Å². The monoisotopic (exact) mass is 418 g/mol. The van der Waals surface area contributed by atoms with Gasteiger partial charge < -0.3 is 9.47 Å². The highest BCUT2D eigenvalue weighted by molar-refractivity contribution is 6.93. The maximum atomic E-state index is 6.89. The van der Waals surface area contributed by atoms with Crippen LogP contribution < -0.4 is 19.8 Å². The molecule has 0 heterocycles. The van der Waals surface area contributed by atoms with Gasteiger partial charge in [0.05, 0.1) is 28.4 Å². The molecule has 3 rings (SSSR count). The summed E-state index contributed by atoms with van der Waals surface area (Å²) < 4.78 is 13.6. The number of hydrogen-bond acceptors (Lipinski definition) is 2. The molecule has 0 bridgehead atoms. The van der Waals surface area contributed by atoms with E-state index in [2.05, 4.69) is 51.4 Å². The average molecular weight is 419 g/mol. The molecule has 2 aliphatic rings. The zero-order valence-electron chi connectivity index (χ0n) is 19.2. The molecule has 0 amide bonds. The molecule has 0 N–H and O–H groups in total. The van der Waals surface area contributed by atoms with Gasteiger partial charge in [-0.05, 0) is 62.6 Å². The van der Waals surface area contributed by atoms with E-state index in [1.807, 2.05) is 0 Å². The minimum atomic E-state index is -1.63. The topological polar surface area (TPSA) is 18.5 Å². The summed E-state index contributed by atoms with van der Waals surface area (Å²) in [5, 5.41) is 2.94. The van der Waals surface area contributed by atoms with E-state index >= 15 is 0 Å². The maximum absolute atomic E-state index is 6.89. The average Bonchev–Trinajstić information content (AvgIpc) is 2.61. The van der Waals surface area contributed by atoms with Crippen LogP contribution in [0.2, 0.25) is 39.3 Å². The molecule has 0 aromatic heterocycles. The molecular formula is C24H42O2Si2. The van der Waals surface area contributed by atoms with Crippen molar-refractivity contribution in [3.8, 4) is 11.5 Å². The Morgan fingerprint density at radius 1 is 0.643 bits per heavy atom. The Balaban J connectivity index is 2.03. The van der Waals surface area contributed by atoms with Crippen molar-refractivity contribution in [3.05, 3.63) is 12.1 Å². The lowest BCUT2D eigenvalue weighted by Crippen LogP contribution is -2.48. The van der Waals surface area contributed by atoms with Crippen LogP contribution in [0.15, 0.2) is 12.1 Å². The van der Waals surface area contributed by atoms with E-state index in [0.29, 0.717) is 12.2 Å². The van der Waals surface area contributed by atoms with Gasteiger partial charge in [-0.3, -0.25) is 0 Å². The van der Waals surface area contributed by atoms with Crippen LogP contribution in [-0.2, 0) is 0 Å². The Bertz CT molecular complexity index is 646. The smallest absolute Gasteiger partial charge is 0.122 e. The highest BCUT2D eigenvalue weighted by Crippen LogP contribution is 2.30.